The number of carbonyl (C=O) groups excluding carboxylic acids is 1. The molecule has 0 fully saturated rings. The molecule has 0 rings (SSSR count). The van der Waals surface area contributed by atoms with Gasteiger partial charge in [-0.25, -0.2) is 0 Å². The molecule has 0 aromatic heterocycles. The van der Waals surface area contributed by atoms with Crippen LogP contribution in [0.2, 0.25) is 0 Å². The Labute approximate surface area is 66.2 Å². The summed E-state index contributed by atoms with van der Waals surface area (Å²) in [6.45, 7) is 3.05. The monoisotopic (exact) mass is 161 g/mol. The maximum absolute atomic E-state index is 10.9. The summed E-state index contributed by atoms with van der Waals surface area (Å²) >= 11 is 0. The number of aliphatic hydroxyl groups is 2. The molecule has 0 bridgehead atoms. The lowest BCUT2D eigenvalue weighted by molar-refractivity contribution is -0.125. The Morgan fingerprint density at radius 2 is 1.82 bits per heavy atom. The maximum atomic E-state index is 10.9. The fourth-order valence-corrected chi connectivity index (χ4v) is 0.517. The first-order valence-corrected chi connectivity index (χ1v) is 3.64. The molecule has 0 atom stereocenters. The van der Waals surface area contributed by atoms with Crippen LogP contribution < -0.4 is 5.32 Å². The van der Waals surface area contributed by atoms with Crippen molar-refractivity contribution >= 4 is 5.91 Å². The van der Waals surface area contributed by atoms with Crippen molar-refractivity contribution in [2.75, 3.05) is 13.2 Å². The molecule has 11 heavy (non-hydrogen) atoms. The highest BCUT2D eigenvalue weighted by molar-refractivity contribution is 5.78. The van der Waals surface area contributed by atoms with Crippen molar-refractivity contribution in [3.8, 4) is 0 Å². The Hall–Kier alpha value is -0.610. The summed E-state index contributed by atoms with van der Waals surface area (Å²) in [5.41, 5.74) is 0. The zero-order valence-electron chi connectivity index (χ0n) is 6.87. The van der Waals surface area contributed by atoms with Crippen molar-refractivity contribution in [3.63, 3.8) is 0 Å². The summed E-state index contributed by atoms with van der Waals surface area (Å²) in [5, 5.41) is 19.6. The summed E-state index contributed by atoms with van der Waals surface area (Å²) in [5.74, 6) is -0.270. The lowest BCUT2D eigenvalue weighted by atomic mass is 10.2. The van der Waals surface area contributed by atoms with Crippen LogP contribution >= 0.6 is 0 Å². The SMILES string of the molecule is CC(C)C(=O)NC(CO)CO. The first-order chi connectivity index (χ1) is 5.11. The fraction of sp³-hybridized carbons (Fsp3) is 0.857. The predicted molar refractivity (Wildman–Crippen MR) is 40.9 cm³/mol. The number of nitrogens with one attached hydrogen (secondary N) is 1. The number of hydrogen-bond acceptors (Lipinski definition) is 3. The summed E-state index contributed by atoms with van der Waals surface area (Å²) in [4.78, 5) is 10.9. The molecule has 4 heteroatoms. The lowest BCUT2D eigenvalue weighted by Crippen LogP contribution is -2.42. The van der Waals surface area contributed by atoms with Gasteiger partial charge in [-0.15, -0.1) is 0 Å². The van der Waals surface area contributed by atoms with Crippen molar-refractivity contribution < 1.29 is 15.0 Å². The topological polar surface area (TPSA) is 69.6 Å². The van der Waals surface area contributed by atoms with Crippen LogP contribution in [0.4, 0.5) is 0 Å². The first-order valence-electron chi connectivity index (χ1n) is 3.64. The third-order valence-electron chi connectivity index (χ3n) is 1.31. The summed E-state index contributed by atoms with van der Waals surface area (Å²) in [6.07, 6.45) is 0. The van der Waals surface area contributed by atoms with Crippen molar-refractivity contribution in [2.45, 2.75) is 19.9 Å². The quantitative estimate of drug-likeness (QED) is 0.501. The van der Waals surface area contributed by atoms with E-state index in [1.807, 2.05) is 0 Å². The first kappa shape index (κ1) is 10.4. The Morgan fingerprint density at radius 1 is 1.36 bits per heavy atom. The fourth-order valence-electron chi connectivity index (χ4n) is 0.517. The molecular formula is C7H15NO3. The molecule has 0 unspecified atom stereocenters. The van der Waals surface area contributed by atoms with Gasteiger partial charge in [0.1, 0.15) is 0 Å². The van der Waals surface area contributed by atoms with E-state index >= 15 is 0 Å². The normalized spacial score (nSPS) is 10.7. The predicted octanol–water partition coefficient (Wildman–Crippen LogP) is -0.888. The minimum Gasteiger partial charge on any atom is -0.394 e. The van der Waals surface area contributed by atoms with Crippen LogP contribution in [0, 0.1) is 5.92 Å². The van der Waals surface area contributed by atoms with Crippen LogP contribution in [0.15, 0.2) is 0 Å². The van der Waals surface area contributed by atoms with E-state index < -0.39 is 6.04 Å². The van der Waals surface area contributed by atoms with E-state index in [0.717, 1.165) is 0 Å². The van der Waals surface area contributed by atoms with E-state index in [9.17, 15) is 4.79 Å². The van der Waals surface area contributed by atoms with E-state index in [1.54, 1.807) is 13.8 Å². The molecule has 0 aromatic rings. The van der Waals surface area contributed by atoms with E-state index in [-0.39, 0.29) is 25.0 Å². The molecule has 0 spiro atoms. The second kappa shape index (κ2) is 5.09. The van der Waals surface area contributed by atoms with Crippen LogP contribution in [-0.2, 0) is 4.79 Å². The molecule has 3 N–H and O–H groups in total. The van der Waals surface area contributed by atoms with E-state index in [4.69, 9.17) is 10.2 Å². The molecule has 0 saturated heterocycles. The van der Waals surface area contributed by atoms with Gasteiger partial charge >= 0.3 is 0 Å². The average molecular weight is 161 g/mol. The highest BCUT2D eigenvalue weighted by atomic mass is 16.3. The largest absolute Gasteiger partial charge is 0.394 e. The van der Waals surface area contributed by atoms with Crippen LogP contribution in [-0.4, -0.2) is 35.4 Å². The third-order valence-corrected chi connectivity index (χ3v) is 1.31. The molecule has 0 heterocycles. The highest BCUT2D eigenvalue weighted by Crippen LogP contribution is 1.92. The van der Waals surface area contributed by atoms with Crippen LogP contribution in [0.3, 0.4) is 0 Å². The Kier molecular flexibility index (Phi) is 4.81. The van der Waals surface area contributed by atoms with Crippen molar-refractivity contribution in [1.82, 2.24) is 5.32 Å². The molecular weight excluding hydrogens is 146 g/mol. The molecule has 0 aromatic carbocycles. The van der Waals surface area contributed by atoms with Gasteiger partial charge in [-0.3, -0.25) is 4.79 Å². The molecule has 0 aliphatic carbocycles. The summed E-state index contributed by atoms with van der Waals surface area (Å²) in [7, 11) is 0. The Morgan fingerprint density at radius 3 is 2.09 bits per heavy atom. The third kappa shape index (κ3) is 3.95. The molecule has 66 valence electrons. The van der Waals surface area contributed by atoms with Gasteiger partial charge in [0.2, 0.25) is 5.91 Å². The Balaban J connectivity index is 3.72. The average Bonchev–Trinajstić information content (AvgIpc) is 1.99. The van der Waals surface area contributed by atoms with Gasteiger partial charge in [-0.05, 0) is 0 Å². The van der Waals surface area contributed by atoms with Gasteiger partial charge in [-0.2, -0.15) is 0 Å². The summed E-state index contributed by atoms with van der Waals surface area (Å²) in [6, 6.07) is -0.523. The van der Waals surface area contributed by atoms with Gasteiger partial charge in [0.25, 0.3) is 0 Å². The standard InChI is InChI=1S/C7H15NO3/c1-5(2)7(11)8-6(3-9)4-10/h5-6,9-10H,3-4H2,1-2H3,(H,8,11). The van der Waals surface area contributed by atoms with E-state index in [0.29, 0.717) is 0 Å². The Bertz CT molecular complexity index is 121. The molecule has 4 nitrogen and oxygen atoms in total. The van der Waals surface area contributed by atoms with Gasteiger partial charge in [0, 0.05) is 5.92 Å². The van der Waals surface area contributed by atoms with Gasteiger partial charge < -0.3 is 15.5 Å². The van der Waals surface area contributed by atoms with Crippen molar-refractivity contribution in [1.29, 1.82) is 0 Å². The zero-order chi connectivity index (χ0) is 8.85. The van der Waals surface area contributed by atoms with Crippen molar-refractivity contribution in [2.24, 2.45) is 5.92 Å². The molecule has 0 saturated carbocycles. The number of aliphatic hydroxyl groups excluding tert-OH is 2. The number of rotatable bonds is 4. The van der Waals surface area contributed by atoms with Crippen LogP contribution in [0.25, 0.3) is 0 Å². The smallest absolute Gasteiger partial charge is 0.222 e. The lowest BCUT2D eigenvalue weighted by Gasteiger charge is -2.14. The molecule has 0 aliphatic rings. The van der Waals surface area contributed by atoms with E-state index in [1.165, 1.54) is 0 Å². The van der Waals surface area contributed by atoms with Crippen molar-refractivity contribution in [3.05, 3.63) is 0 Å². The van der Waals surface area contributed by atoms with E-state index in [2.05, 4.69) is 5.32 Å². The second-order valence-corrected chi connectivity index (χ2v) is 2.73. The highest BCUT2D eigenvalue weighted by Gasteiger charge is 2.12. The van der Waals surface area contributed by atoms with Gasteiger partial charge in [0.15, 0.2) is 0 Å². The van der Waals surface area contributed by atoms with Crippen LogP contribution in [0.1, 0.15) is 13.8 Å². The molecule has 0 aliphatic heterocycles. The minimum absolute atomic E-state index is 0.115. The number of amides is 1. The van der Waals surface area contributed by atoms with Gasteiger partial charge in [-0.1, -0.05) is 13.8 Å². The number of carbonyl (C=O) groups is 1. The minimum atomic E-state index is -0.523. The summed E-state index contributed by atoms with van der Waals surface area (Å²) < 4.78 is 0. The zero-order valence-corrected chi connectivity index (χ0v) is 6.87. The van der Waals surface area contributed by atoms with Crippen LogP contribution in [0.5, 0.6) is 0 Å². The molecule has 1 amide bonds. The maximum Gasteiger partial charge on any atom is 0.222 e. The number of hydrogen-bond donors (Lipinski definition) is 3. The molecule has 0 radical (unpaired) electrons. The second-order valence-electron chi connectivity index (χ2n) is 2.73. The van der Waals surface area contributed by atoms with Gasteiger partial charge in [0.05, 0.1) is 19.3 Å².